The SMILES string of the molecule is CN=C(NCCc1ccncc1C)NCc1ccc(CN2CCCCC2)cc1.I. The lowest BCUT2D eigenvalue weighted by molar-refractivity contribution is 0.221. The minimum absolute atomic E-state index is 0. The van der Waals surface area contributed by atoms with Crippen molar-refractivity contribution >= 4 is 29.9 Å². The first kappa shape index (κ1) is 23.6. The topological polar surface area (TPSA) is 52.6 Å². The molecular weight excluding hydrogens is 473 g/mol. The number of aliphatic imine (C=N–C) groups is 1. The second kappa shape index (κ2) is 12.8. The number of hydrogen-bond acceptors (Lipinski definition) is 3. The van der Waals surface area contributed by atoms with Crippen LogP contribution in [-0.4, -0.2) is 42.5 Å². The van der Waals surface area contributed by atoms with Crippen LogP contribution in [0.3, 0.4) is 0 Å². The lowest BCUT2D eigenvalue weighted by Crippen LogP contribution is -2.37. The summed E-state index contributed by atoms with van der Waals surface area (Å²) in [6.45, 7) is 7.28. The molecule has 0 saturated carbocycles. The average Bonchev–Trinajstić information content (AvgIpc) is 2.73. The Balaban J connectivity index is 0.00000300. The maximum absolute atomic E-state index is 4.33. The van der Waals surface area contributed by atoms with Crippen molar-refractivity contribution in [3.63, 3.8) is 0 Å². The van der Waals surface area contributed by atoms with E-state index in [2.05, 4.69) is 62.8 Å². The Hall–Kier alpha value is -1.67. The number of guanidine groups is 1. The second-order valence-electron chi connectivity index (χ2n) is 7.56. The largest absolute Gasteiger partial charge is 0.356 e. The lowest BCUT2D eigenvalue weighted by Gasteiger charge is -2.26. The van der Waals surface area contributed by atoms with Gasteiger partial charge in [-0.05, 0) is 67.6 Å². The molecule has 1 aromatic carbocycles. The molecule has 0 aliphatic carbocycles. The van der Waals surface area contributed by atoms with Crippen LogP contribution in [0.2, 0.25) is 0 Å². The summed E-state index contributed by atoms with van der Waals surface area (Å²) in [7, 11) is 1.81. The van der Waals surface area contributed by atoms with Gasteiger partial charge in [0.1, 0.15) is 0 Å². The molecular formula is C23H34IN5. The summed E-state index contributed by atoms with van der Waals surface area (Å²) in [4.78, 5) is 11.0. The highest BCUT2D eigenvalue weighted by molar-refractivity contribution is 14.0. The summed E-state index contributed by atoms with van der Waals surface area (Å²) in [6, 6.07) is 11.0. The molecule has 29 heavy (non-hydrogen) atoms. The van der Waals surface area contributed by atoms with Crippen molar-refractivity contribution in [2.45, 2.75) is 45.7 Å². The normalized spacial score (nSPS) is 14.9. The van der Waals surface area contributed by atoms with E-state index in [-0.39, 0.29) is 24.0 Å². The minimum Gasteiger partial charge on any atom is -0.356 e. The third-order valence-electron chi connectivity index (χ3n) is 5.38. The molecule has 0 atom stereocenters. The van der Waals surface area contributed by atoms with E-state index >= 15 is 0 Å². The Morgan fingerprint density at radius 1 is 1.03 bits per heavy atom. The van der Waals surface area contributed by atoms with Gasteiger partial charge in [-0.25, -0.2) is 0 Å². The van der Waals surface area contributed by atoms with Crippen molar-refractivity contribution in [2.24, 2.45) is 4.99 Å². The molecule has 0 amide bonds. The van der Waals surface area contributed by atoms with E-state index in [1.807, 2.05) is 19.4 Å². The number of nitrogens with one attached hydrogen (secondary N) is 2. The summed E-state index contributed by atoms with van der Waals surface area (Å²) in [5, 5.41) is 6.80. The van der Waals surface area contributed by atoms with Crippen molar-refractivity contribution in [3.05, 3.63) is 65.0 Å². The van der Waals surface area contributed by atoms with Gasteiger partial charge in [-0.2, -0.15) is 0 Å². The van der Waals surface area contributed by atoms with Gasteiger partial charge in [-0.15, -0.1) is 24.0 Å². The first-order valence-electron chi connectivity index (χ1n) is 10.4. The third-order valence-corrected chi connectivity index (χ3v) is 5.38. The summed E-state index contributed by atoms with van der Waals surface area (Å²) in [5.41, 5.74) is 5.23. The number of halogens is 1. The molecule has 1 aromatic heterocycles. The van der Waals surface area contributed by atoms with Gasteiger partial charge in [-0.1, -0.05) is 30.7 Å². The van der Waals surface area contributed by atoms with Crippen LogP contribution in [0, 0.1) is 6.92 Å². The van der Waals surface area contributed by atoms with E-state index in [9.17, 15) is 0 Å². The molecule has 0 unspecified atom stereocenters. The van der Waals surface area contributed by atoms with Crippen molar-refractivity contribution in [1.29, 1.82) is 0 Å². The van der Waals surface area contributed by atoms with E-state index in [4.69, 9.17) is 0 Å². The molecule has 3 rings (SSSR count). The maximum Gasteiger partial charge on any atom is 0.191 e. The summed E-state index contributed by atoms with van der Waals surface area (Å²) in [6.07, 6.45) is 8.80. The van der Waals surface area contributed by atoms with Gasteiger partial charge < -0.3 is 10.6 Å². The van der Waals surface area contributed by atoms with Crippen LogP contribution in [0.25, 0.3) is 0 Å². The van der Waals surface area contributed by atoms with E-state index in [1.54, 1.807) is 0 Å². The molecule has 5 nitrogen and oxygen atoms in total. The monoisotopic (exact) mass is 507 g/mol. The molecule has 6 heteroatoms. The Labute approximate surface area is 192 Å². The van der Waals surface area contributed by atoms with Gasteiger partial charge in [-0.3, -0.25) is 14.9 Å². The fourth-order valence-electron chi connectivity index (χ4n) is 3.64. The number of aryl methyl sites for hydroxylation is 1. The first-order chi connectivity index (χ1) is 13.7. The van der Waals surface area contributed by atoms with E-state index < -0.39 is 0 Å². The fraction of sp³-hybridized carbons (Fsp3) is 0.478. The summed E-state index contributed by atoms with van der Waals surface area (Å²) >= 11 is 0. The summed E-state index contributed by atoms with van der Waals surface area (Å²) < 4.78 is 0. The number of nitrogens with zero attached hydrogens (tertiary/aromatic N) is 3. The van der Waals surface area contributed by atoms with Gasteiger partial charge in [0.25, 0.3) is 0 Å². The molecule has 2 N–H and O–H groups in total. The molecule has 2 heterocycles. The van der Waals surface area contributed by atoms with Crippen LogP contribution in [-0.2, 0) is 19.5 Å². The second-order valence-corrected chi connectivity index (χ2v) is 7.56. The van der Waals surface area contributed by atoms with Gasteiger partial charge in [0.05, 0.1) is 0 Å². The van der Waals surface area contributed by atoms with E-state index in [1.165, 1.54) is 54.6 Å². The molecule has 2 aromatic rings. The number of likely N-dealkylation sites (tertiary alicyclic amines) is 1. The number of piperidine rings is 1. The van der Waals surface area contributed by atoms with Crippen LogP contribution in [0.1, 0.15) is 41.5 Å². The highest BCUT2D eigenvalue weighted by Gasteiger charge is 2.10. The Kier molecular flexibility index (Phi) is 10.4. The van der Waals surface area contributed by atoms with Crippen molar-refractivity contribution in [1.82, 2.24) is 20.5 Å². The fourth-order valence-corrected chi connectivity index (χ4v) is 3.64. The molecule has 1 saturated heterocycles. The van der Waals surface area contributed by atoms with Crippen molar-refractivity contribution < 1.29 is 0 Å². The maximum atomic E-state index is 4.33. The first-order valence-corrected chi connectivity index (χ1v) is 10.4. The van der Waals surface area contributed by atoms with Gasteiger partial charge in [0.2, 0.25) is 0 Å². The predicted molar refractivity (Wildman–Crippen MR) is 132 cm³/mol. The molecule has 0 bridgehead atoms. The zero-order valence-electron chi connectivity index (χ0n) is 17.7. The van der Waals surface area contributed by atoms with Gasteiger partial charge >= 0.3 is 0 Å². The zero-order chi connectivity index (χ0) is 19.6. The van der Waals surface area contributed by atoms with Crippen LogP contribution in [0.4, 0.5) is 0 Å². The van der Waals surface area contributed by atoms with Crippen LogP contribution >= 0.6 is 24.0 Å². The quantitative estimate of drug-likeness (QED) is 0.339. The number of benzene rings is 1. The average molecular weight is 507 g/mol. The molecule has 0 radical (unpaired) electrons. The Morgan fingerprint density at radius 2 is 1.76 bits per heavy atom. The van der Waals surface area contributed by atoms with Crippen LogP contribution < -0.4 is 10.6 Å². The molecule has 1 aliphatic heterocycles. The highest BCUT2D eigenvalue weighted by atomic mass is 127. The molecule has 158 valence electrons. The van der Waals surface area contributed by atoms with Crippen LogP contribution in [0.5, 0.6) is 0 Å². The van der Waals surface area contributed by atoms with Gasteiger partial charge in [0.15, 0.2) is 5.96 Å². The number of pyridine rings is 1. The van der Waals surface area contributed by atoms with E-state index in [0.717, 1.165) is 32.0 Å². The van der Waals surface area contributed by atoms with Crippen molar-refractivity contribution in [2.75, 3.05) is 26.7 Å². The smallest absolute Gasteiger partial charge is 0.191 e. The van der Waals surface area contributed by atoms with Crippen molar-refractivity contribution in [3.8, 4) is 0 Å². The highest BCUT2D eigenvalue weighted by Crippen LogP contribution is 2.13. The molecule has 1 fully saturated rings. The van der Waals surface area contributed by atoms with Gasteiger partial charge in [0, 0.05) is 39.1 Å². The lowest BCUT2D eigenvalue weighted by atomic mass is 10.1. The minimum atomic E-state index is 0. The number of rotatable bonds is 7. The third kappa shape index (κ3) is 7.93. The van der Waals surface area contributed by atoms with Crippen LogP contribution in [0.15, 0.2) is 47.7 Å². The number of hydrogen-bond donors (Lipinski definition) is 2. The Bertz CT molecular complexity index is 754. The standard InChI is InChI=1S/C23H33N5.HI/c1-19-16-25-12-10-22(19)11-13-26-23(24-2)27-17-20-6-8-21(9-7-20)18-28-14-4-3-5-15-28;/h6-10,12,16H,3-5,11,13-15,17-18H2,1-2H3,(H2,24,26,27);1H. The van der Waals surface area contributed by atoms with E-state index in [0.29, 0.717) is 0 Å². The predicted octanol–water partition coefficient (Wildman–Crippen LogP) is 3.90. The number of aromatic nitrogens is 1. The zero-order valence-corrected chi connectivity index (χ0v) is 20.0. The Morgan fingerprint density at radius 3 is 2.45 bits per heavy atom. The molecule has 1 aliphatic rings. The summed E-state index contributed by atoms with van der Waals surface area (Å²) in [5.74, 6) is 0.837. The molecule has 0 spiro atoms.